The van der Waals surface area contributed by atoms with Gasteiger partial charge in [-0.2, -0.15) is 0 Å². The van der Waals surface area contributed by atoms with Gasteiger partial charge in [0.1, 0.15) is 5.84 Å². The first-order valence-electron chi connectivity index (χ1n) is 4.81. The number of nitrogens with one attached hydrogen (secondary N) is 1. The van der Waals surface area contributed by atoms with E-state index in [1.54, 1.807) is 23.0 Å². The van der Waals surface area contributed by atoms with Gasteiger partial charge in [0.05, 0.1) is 6.61 Å². The lowest BCUT2D eigenvalue weighted by Gasteiger charge is -1.98. The Balaban J connectivity index is 2.60. The van der Waals surface area contributed by atoms with Crippen LogP contribution in [0.2, 0.25) is 0 Å². The van der Waals surface area contributed by atoms with Gasteiger partial charge in [-0.3, -0.25) is 5.41 Å². The van der Waals surface area contributed by atoms with Crippen LogP contribution in [0.25, 0.3) is 0 Å². The molecular formula is C11H16N2O. The monoisotopic (exact) mass is 192 g/mol. The molecule has 0 bridgehead atoms. The molecule has 1 aromatic rings. The molecule has 1 rings (SSSR count). The molecule has 2 N–H and O–H groups in total. The van der Waals surface area contributed by atoms with Crippen molar-refractivity contribution < 1.29 is 5.11 Å². The van der Waals surface area contributed by atoms with E-state index < -0.39 is 0 Å². The zero-order valence-electron chi connectivity index (χ0n) is 8.40. The number of unbranched alkanes of at least 4 members (excludes halogenated alkanes) is 1. The molecule has 3 nitrogen and oxygen atoms in total. The molecule has 0 fully saturated rings. The van der Waals surface area contributed by atoms with Crippen LogP contribution in [0.3, 0.4) is 0 Å². The third-order valence-corrected chi connectivity index (χ3v) is 1.95. The highest BCUT2D eigenvalue weighted by atomic mass is 16.3. The van der Waals surface area contributed by atoms with Crippen LogP contribution in [0, 0.1) is 5.41 Å². The van der Waals surface area contributed by atoms with Gasteiger partial charge in [0.25, 0.3) is 0 Å². The smallest absolute Gasteiger partial charge is 0.128 e. The van der Waals surface area contributed by atoms with E-state index in [1.807, 2.05) is 12.1 Å². The predicted molar refractivity (Wildman–Crippen MR) is 57.5 cm³/mol. The van der Waals surface area contributed by atoms with Gasteiger partial charge < -0.3 is 9.67 Å². The minimum Gasteiger partial charge on any atom is -0.392 e. The molecule has 0 spiro atoms. The topological polar surface area (TPSA) is 49.0 Å². The van der Waals surface area contributed by atoms with Gasteiger partial charge in [-0.1, -0.05) is 19.4 Å². The molecule has 14 heavy (non-hydrogen) atoms. The lowest BCUT2D eigenvalue weighted by Crippen LogP contribution is -2.03. The quantitative estimate of drug-likeness (QED) is 0.557. The Kier molecular flexibility index (Phi) is 4.13. The molecular weight excluding hydrogens is 176 g/mol. The van der Waals surface area contributed by atoms with Gasteiger partial charge in [0.2, 0.25) is 0 Å². The molecule has 0 saturated heterocycles. The van der Waals surface area contributed by atoms with E-state index in [2.05, 4.69) is 6.92 Å². The molecule has 76 valence electrons. The van der Waals surface area contributed by atoms with Gasteiger partial charge in [0.15, 0.2) is 0 Å². The van der Waals surface area contributed by atoms with Gasteiger partial charge in [0, 0.05) is 12.4 Å². The fourth-order valence-electron chi connectivity index (χ4n) is 1.13. The minimum absolute atomic E-state index is 0.0267. The lowest BCUT2D eigenvalue weighted by atomic mass is 10.3. The lowest BCUT2D eigenvalue weighted by molar-refractivity contribution is 0.282. The van der Waals surface area contributed by atoms with Crippen LogP contribution in [0.1, 0.15) is 25.3 Å². The van der Waals surface area contributed by atoms with Crippen LogP contribution in [0.5, 0.6) is 0 Å². The Morgan fingerprint density at radius 1 is 1.64 bits per heavy atom. The molecule has 0 amide bonds. The second-order valence-electron chi connectivity index (χ2n) is 3.16. The fraction of sp³-hybridized carbons (Fsp3) is 0.364. The van der Waals surface area contributed by atoms with E-state index >= 15 is 0 Å². The Labute approximate surface area is 84.2 Å². The third-order valence-electron chi connectivity index (χ3n) is 1.95. The molecule has 0 aromatic carbocycles. The summed E-state index contributed by atoms with van der Waals surface area (Å²) < 4.78 is 1.69. The first-order chi connectivity index (χ1) is 6.77. The summed E-state index contributed by atoms with van der Waals surface area (Å²) in [7, 11) is 0. The number of nitrogens with zero attached hydrogens (tertiary/aromatic N) is 1. The standard InChI is InChI=1S/C11H16N2O/c1-2-3-4-5-11(12)13-7-6-10(8-13)9-14/h4-8,12,14H,2-3,9H2,1H3. The highest BCUT2D eigenvalue weighted by Gasteiger charge is 1.97. The Bertz CT molecular complexity index is 326. The number of aliphatic hydroxyl groups excluding tert-OH is 1. The largest absolute Gasteiger partial charge is 0.392 e. The summed E-state index contributed by atoms with van der Waals surface area (Å²) in [6.45, 7) is 2.13. The van der Waals surface area contributed by atoms with Crippen molar-refractivity contribution in [2.75, 3.05) is 0 Å². The molecule has 0 aliphatic heterocycles. The summed E-state index contributed by atoms with van der Waals surface area (Å²) in [5.41, 5.74) is 0.832. The van der Waals surface area contributed by atoms with E-state index in [9.17, 15) is 0 Å². The van der Waals surface area contributed by atoms with Crippen molar-refractivity contribution in [1.82, 2.24) is 4.57 Å². The average molecular weight is 192 g/mol. The summed E-state index contributed by atoms with van der Waals surface area (Å²) >= 11 is 0. The first-order valence-corrected chi connectivity index (χ1v) is 4.81. The SMILES string of the molecule is CCCC=CC(=N)n1ccc(CO)c1. The minimum atomic E-state index is 0.0267. The summed E-state index contributed by atoms with van der Waals surface area (Å²) in [6, 6.07) is 1.81. The van der Waals surface area contributed by atoms with Crippen molar-refractivity contribution in [2.24, 2.45) is 0 Å². The second kappa shape index (κ2) is 5.40. The summed E-state index contributed by atoms with van der Waals surface area (Å²) in [5, 5.41) is 16.5. The zero-order chi connectivity index (χ0) is 10.4. The molecule has 0 aliphatic carbocycles. The highest BCUT2D eigenvalue weighted by molar-refractivity contribution is 5.92. The van der Waals surface area contributed by atoms with E-state index in [4.69, 9.17) is 10.5 Å². The molecule has 0 radical (unpaired) electrons. The Hall–Kier alpha value is -1.35. The van der Waals surface area contributed by atoms with Gasteiger partial charge in [-0.05, 0) is 24.1 Å². The molecule has 0 aliphatic rings. The zero-order valence-corrected chi connectivity index (χ0v) is 8.40. The third kappa shape index (κ3) is 2.85. The summed E-state index contributed by atoms with van der Waals surface area (Å²) in [5.74, 6) is 0.429. The molecule has 0 atom stereocenters. The number of hydrogen-bond acceptors (Lipinski definition) is 2. The van der Waals surface area contributed by atoms with E-state index in [0.29, 0.717) is 5.84 Å². The first kappa shape index (κ1) is 10.7. The number of aromatic nitrogens is 1. The normalized spacial score (nSPS) is 11.0. The molecule has 1 aromatic heterocycles. The molecule has 0 unspecified atom stereocenters. The van der Waals surface area contributed by atoms with Gasteiger partial charge in [-0.15, -0.1) is 0 Å². The fourth-order valence-corrected chi connectivity index (χ4v) is 1.13. The van der Waals surface area contributed by atoms with Crippen LogP contribution in [0.15, 0.2) is 30.6 Å². The summed E-state index contributed by atoms with van der Waals surface area (Å²) in [6.07, 6.45) is 9.41. The van der Waals surface area contributed by atoms with Crippen LogP contribution < -0.4 is 0 Å². The maximum atomic E-state index is 8.85. The number of aliphatic hydroxyl groups is 1. The summed E-state index contributed by atoms with van der Waals surface area (Å²) in [4.78, 5) is 0. The number of hydrogen-bond donors (Lipinski definition) is 2. The van der Waals surface area contributed by atoms with Crippen molar-refractivity contribution in [3.05, 3.63) is 36.2 Å². The van der Waals surface area contributed by atoms with Crippen LogP contribution in [-0.4, -0.2) is 15.5 Å². The van der Waals surface area contributed by atoms with Gasteiger partial charge >= 0.3 is 0 Å². The van der Waals surface area contributed by atoms with Gasteiger partial charge in [-0.25, -0.2) is 0 Å². The predicted octanol–water partition coefficient (Wildman–Crippen LogP) is 2.16. The van der Waals surface area contributed by atoms with Crippen molar-refractivity contribution in [3.8, 4) is 0 Å². The van der Waals surface area contributed by atoms with Crippen molar-refractivity contribution >= 4 is 5.84 Å². The average Bonchev–Trinajstić information content (AvgIpc) is 2.66. The van der Waals surface area contributed by atoms with Crippen molar-refractivity contribution in [1.29, 1.82) is 5.41 Å². The number of allylic oxidation sites excluding steroid dienone is 2. The molecule has 3 heteroatoms. The van der Waals surface area contributed by atoms with Crippen LogP contribution in [0.4, 0.5) is 0 Å². The Morgan fingerprint density at radius 3 is 3.00 bits per heavy atom. The number of rotatable bonds is 4. The van der Waals surface area contributed by atoms with E-state index in [1.165, 1.54) is 0 Å². The molecule has 0 saturated carbocycles. The van der Waals surface area contributed by atoms with Crippen LogP contribution in [-0.2, 0) is 6.61 Å². The maximum absolute atomic E-state index is 8.85. The maximum Gasteiger partial charge on any atom is 0.128 e. The second-order valence-corrected chi connectivity index (χ2v) is 3.16. The Morgan fingerprint density at radius 2 is 2.43 bits per heavy atom. The highest BCUT2D eigenvalue weighted by Crippen LogP contribution is 2.01. The van der Waals surface area contributed by atoms with E-state index in [0.717, 1.165) is 18.4 Å². The molecule has 1 heterocycles. The van der Waals surface area contributed by atoms with E-state index in [-0.39, 0.29) is 6.61 Å². The van der Waals surface area contributed by atoms with Crippen molar-refractivity contribution in [3.63, 3.8) is 0 Å². The van der Waals surface area contributed by atoms with Crippen LogP contribution >= 0.6 is 0 Å². The van der Waals surface area contributed by atoms with Crippen molar-refractivity contribution in [2.45, 2.75) is 26.4 Å².